The zero-order chi connectivity index (χ0) is 19.9. The summed E-state index contributed by atoms with van der Waals surface area (Å²) >= 11 is 0. The van der Waals surface area contributed by atoms with Crippen LogP contribution >= 0.6 is 0 Å². The highest BCUT2D eigenvalue weighted by atomic mass is 19.1. The van der Waals surface area contributed by atoms with Gasteiger partial charge in [-0.15, -0.1) is 5.10 Å². The third-order valence-corrected chi connectivity index (χ3v) is 3.77. The lowest BCUT2D eigenvalue weighted by atomic mass is 10.2. The summed E-state index contributed by atoms with van der Waals surface area (Å²) in [6.07, 6.45) is 0.444. The largest absolute Gasteiger partial charge is 0.478 e. The number of ether oxygens (including phenoxy) is 1. The van der Waals surface area contributed by atoms with Gasteiger partial charge in [0, 0.05) is 0 Å². The van der Waals surface area contributed by atoms with E-state index in [1.165, 1.54) is 36.0 Å². The van der Waals surface area contributed by atoms with E-state index in [1.54, 1.807) is 6.07 Å². The molecule has 2 N–H and O–H groups in total. The number of para-hydroxylation sites is 1. The van der Waals surface area contributed by atoms with Crippen LogP contribution in [-0.2, 0) is 11.3 Å². The Morgan fingerprint density at radius 1 is 1.11 bits per heavy atom. The molecule has 0 aliphatic rings. The van der Waals surface area contributed by atoms with Crippen LogP contribution in [0.1, 0.15) is 23.0 Å². The fraction of sp³-hybridized carbons (Fsp3) is 0.158. The minimum absolute atomic E-state index is 0.0407. The van der Waals surface area contributed by atoms with Crippen molar-refractivity contribution in [2.75, 3.05) is 0 Å². The molecule has 0 fully saturated rings. The molecule has 8 nitrogen and oxygen atoms in total. The van der Waals surface area contributed by atoms with Gasteiger partial charge in [0.15, 0.2) is 23.4 Å². The SMILES string of the molecule is C[C@@H](Oc1ccccc1F)C(=O)NNC(=O)c1cn(Cc2ccccc2)nn1. The summed E-state index contributed by atoms with van der Waals surface area (Å²) in [5.41, 5.74) is 5.49. The summed E-state index contributed by atoms with van der Waals surface area (Å²) in [4.78, 5) is 24.1. The van der Waals surface area contributed by atoms with Gasteiger partial charge in [-0.3, -0.25) is 20.4 Å². The normalized spacial score (nSPS) is 11.5. The summed E-state index contributed by atoms with van der Waals surface area (Å²) in [6, 6.07) is 15.3. The van der Waals surface area contributed by atoms with Crippen molar-refractivity contribution in [3.05, 3.63) is 77.9 Å². The number of hydrazine groups is 1. The first-order valence-corrected chi connectivity index (χ1v) is 8.48. The number of aromatic nitrogens is 3. The van der Waals surface area contributed by atoms with E-state index in [1.807, 2.05) is 30.3 Å². The molecule has 1 aromatic heterocycles. The van der Waals surface area contributed by atoms with Crippen LogP contribution in [0.4, 0.5) is 4.39 Å². The average molecular weight is 383 g/mol. The van der Waals surface area contributed by atoms with E-state index in [-0.39, 0.29) is 11.4 Å². The minimum atomic E-state index is -1.02. The van der Waals surface area contributed by atoms with E-state index in [0.29, 0.717) is 6.54 Å². The molecular formula is C19H18FN5O3. The van der Waals surface area contributed by atoms with Gasteiger partial charge < -0.3 is 4.74 Å². The van der Waals surface area contributed by atoms with E-state index < -0.39 is 23.7 Å². The first-order valence-electron chi connectivity index (χ1n) is 8.48. The summed E-state index contributed by atoms with van der Waals surface area (Å²) < 4.78 is 20.3. The standard InChI is InChI=1S/C19H18FN5O3/c1-13(28-17-10-6-5-9-15(17)20)18(26)22-23-19(27)16-12-25(24-21-16)11-14-7-3-2-4-8-14/h2-10,12-13H,11H2,1H3,(H,22,26)(H,23,27)/t13-/m1/s1. The molecule has 9 heteroatoms. The minimum Gasteiger partial charge on any atom is -0.478 e. The smallest absolute Gasteiger partial charge is 0.291 e. The summed E-state index contributed by atoms with van der Waals surface area (Å²) in [6.45, 7) is 1.89. The molecule has 0 aliphatic heterocycles. The number of carbonyl (C=O) groups excluding carboxylic acids is 2. The van der Waals surface area contributed by atoms with E-state index >= 15 is 0 Å². The fourth-order valence-corrected chi connectivity index (χ4v) is 2.32. The molecule has 2 amide bonds. The van der Waals surface area contributed by atoms with Gasteiger partial charge in [0.25, 0.3) is 11.8 Å². The molecule has 0 saturated carbocycles. The van der Waals surface area contributed by atoms with Gasteiger partial charge in [0.05, 0.1) is 12.7 Å². The lowest BCUT2D eigenvalue weighted by Gasteiger charge is -2.15. The summed E-state index contributed by atoms with van der Waals surface area (Å²) in [7, 11) is 0. The Bertz CT molecular complexity index is 961. The second kappa shape index (κ2) is 8.76. The quantitative estimate of drug-likeness (QED) is 0.632. The Balaban J connectivity index is 1.51. The Labute approximate surface area is 160 Å². The molecule has 1 atom stereocenters. The second-order valence-corrected chi connectivity index (χ2v) is 5.92. The Kier molecular flexibility index (Phi) is 5.95. The number of hydrogen-bond donors (Lipinski definition) is 2. The van der Waals surface area contributed by atoms with Gasteiger partial charge in [0.2, 0.25) is 0 Å². The number of amides is 2. The van der Waals surface area contributed by atoms with Gasteiger partial charge in [-0.1, -0.05) is 47.7 Å². The molecule has 0 spiro atoms. The molecular weight excluding hydrogens is 365 g/mol. The highest BCUT2D eigenvalue weighted by Gasteiger charge is 2.18. The van der Waals surface area contributed by atoms with Crippen LogP contribution in [0.3, 0.4) is 0 Å². The average Bonchev–Trinajstić information content (AvgIpc) is 3.17. The zero-order valence-electron chi connectivity index (χ0n) is 15.0. The van der Waals surface area contributed by atoms with Crippen LogP contribution in [0.25, 0.3) is 0 Å². The number of halogens is 1. The van der Waals surface area contributed by atoms with E-state index in [4.69, 9.17) is 4.74 Å². The molecule has 3 aromatic rings. The van der Waals surface area contributed by atoms with Crippen LogP contribution < -0.4 is 15.6 Å². The maximum atomic E-state index is 13.6. The molecule has 0 bridgehead atoms. The zero-order valence-corrected chi connectivity index (χ0v) is 15.0. The lowest BCUT2D eigenvalue weighted by molar-refractivity contribution is -0.128. The van der Waals surface area contributed by atoms with Crippen LogP contribution in [0.5, 0.6) is 5.75 Å². The highest BCUT2D eigenvalue weighted by molar-refractivity contribution is 5.93. The topological polar surface area (TPSA) is 98.1 Å². The monoisotopic (exact) mass is 383 g/mol. The van der Waals surface area contributed by atoms with Gasteiger partial charge in [-0.05, 0) is 24.6 Å². The predicted octanol–water partition coefficient (Wildman–Crippen LogP) is 1.69. The van der Waals surface area contributed by atoms with Crippen molar-refractivity contribution < 1.29 is 18.7 Å². The number of benzene rings is 2. The Hall–Kier alpha value is -3.75. The molecule has 1 heterocycles. The Morgan fingerprint density at radius 2 is 1.82 bits per heavy atom. The van der Waals surface area contributed by atoms with E-state index in [9.17, 15) is 14.0 Å². The van der Waals surface area contributed by atoms with Crippen LogP contribution in [-0.4, -0.2) is 32.9 Å². The summed E-state index contributed by atoms with van der Waals surface area (Å²) in [5, 5.41) is 7.67. The first kappa shape index (κ1) is 19.0. The molecule has 2 aromatic carbocycles. The maximum absolute atomic E-state index is 13.6. The number of hydrogen-bond acceptors (Lipinski definition) is 5. The number of nitrogens with zero attached hydrogens (tertiary/aromatic N) is 3. The van der Waals surface area contributed by atoms with Crippen molar-refractivity contribution in [3.63, 3.8) is 0 Å². The molecule has 0 unspecified atom stereocenters. The molecule has 0 saturated heterocycles. The highest BCUT2D eigenvalue weighted by Crippen LogP contribution is 2.16. The number of nitrogens with one attached hydrogen (secondary N) is 2. The molecule has 0 aliphatic carbocycles. The van der Waals surface area contributed by atoms with Crippen LogP contribution in [0.2, 0.25) is 0 Å². The van der Waals surface area contributed by atoms with Gasteiger partial charge >= 0.3 is 0 Å². The molecule has 0 radical (unpaired) electrons. The van der Waals surface area contributed by atoms with Crippen LogP contribution in [0.15, 0.2) is 60.8 Å². The third kappa shape index (κ3) is 4.91. The number of rotatable bonds is 6. The first-order chi connectivity index (χ1) is 13.5. The van der Waals surface area contributed by atoms with Gasteiger partial charge in [-0.25, -0.2) is 9.07 Å². The lowest BCUT2D eigenvalue weighted by Crippen LogP contribution is -2.47. The van der Waals surface area contributed by atoms with Crippen molar-refractivity contribution in [2.24, 2.45) is 0 Å². The van der Waals surface area contributed by atoms with E-state index in [0.717, 1.165) is 5.56 Å². The number of carbonyl (C=O) groups is 2. The third-order valence-electron chi connectivity index (χ3n) is 3.77. The Morgan fingerprint density at radius 3 is 2.57 bits per heavy atom. The molecule has 28 heavy (non-hydrogen) atoms. The van der Waals surface area contributed by atoms with Crippen molar-refractivity contribution in [2.45, 2.75) is 19.6 Å². The maximum Gasteiger partial charge on any atom is 0.291 e. The van der Waals surface area contributed by atoms with E-state index in [2.05, 4.69) is 21.2 Å². The van der Waals surface area contributed by atoms with Gasteiger partial charge in [0.1, 0.15) is 0 Å². The van der Waals surface area contributed by atoms with Crippen LogP contribution in [0, 0.1) is 5.82 Å². The second-order valence-electron chi connectivity index (χ2n) is 5.92. The molecule has 3 rings (SSSR count). The summed E-state index contributed by atoms with van der Waals surface area (Å²) in [5.74, 6) is -1.92. The fourth-order valence-electron chi connectivity index (χ4n) is 2.32. The molecule has 144 valence electrons. The van der Waals surface area contributed by atoms with Crippen molar-refractivity contribution in [1.82, 2.24) is 25.8 Å². The van der Waals surface area contributed by atoms with Crippen molar-refractivity contribution in [1.29, 1.82) is 0 Å². The predicted molar refractivity (Wildman–Crippen MR) is 97.7 cm³/mol. The van der Waals surface area contributed by atoms with Crippen molar-refractivity contribution in [3.8, 4) is 5.75 Å². The van der Waals surface area contributed by atoms with Crippen molar-refractivity contribution >= 4 is 11.8 Å². The van der Waals surface area contributed by atoms with Gasteiger partial charge in [-0.2, -0.15) is 0 Å².